The minimum absolute atomic E-state index is 0.176. The van der Waals surface area contributed by atoms with Gasteiger partial charge in [-0.2, -0.15) is 0 Å². The lowest BCUT2D eigenvalue weighted by Gasteiger charge is -2.35. The summed E-state index contributed by atoms with van der Waals surface area (Å²) in [5.74, 6) is 1.83. The second kappa shape index (κ2) is 6.01. The topological polar surface area (TPSA) is 58.8 Å². The third kappa shape index (κ3) is 3.03. The van der Waals surface area contributed by atoms with Gasteiger partial charge in [0.1, 0.15) is 11.9 Å². The maximum absolute atomic E-state index is 12.3. The molecule has 1 aromatic heterocycles. The Kier molecular flexibility index (Phi) is 3.88. The van der Waals surface area contributed by atoms with E-state index in [1.165, 1.54) is 12.8 Å². The number of amides is 1. The van der Waals surface area contributed by atoms with Crippen LogP contribution in [0.3, 0.4) is 0 Å². The molecule has 0 bridgehead atoms. The van der Waals surface area contributed by atoms with E-state index in [0.29, 0.717) is 5.92 Å². The molecule has 2 saturated heterocycles. The first-order chi connectivity index (χ1) is 10.8. The van der Waals surface area contributed by atoms with Crippen molar-refractivity contribution < 1.29 is 14.1 Å². The molecule has 1 unspecified atom stereocenters. The summed E-state index contributed by atoms with van der Waals surface area (Å²) in [7, 11) is 0. The van der Waals surface area contributed by atoms with Crippen LogP contribution in [0.1, 0.15) is 43.1 Å². The molecule has 6 heteroatoms. The van der Waals surface area contributed by atoms with Crippen molar-refractivity contribution in [3.8, 4) is 0 Å². The number of piperazine rings is 1. The van der Waals surface area contributed by atoms with Crippen LogP contribution in [0.5, 0.6) is 0 Å². The van der Waals surface area contributed by atoms with E-state index in [2.05, 4.69) is 16.1 Å². The fourth-order valence-corrected chi connectivity index (χ4v) is 3.29. The fraction of sp³-hybridized carbons (Fsp3) is 0.750. The number of aromatic nitrogens is 1. The van der Waals surface area contributed by atoms with Gasteiger partial charge in [-0.3, -0.25) is 9.69 Å². The van der Waals surface area contributed by atoms with Crippen LogP contribution in [0.15, 0.2) is 10.6 Å². The highest BCUT2D eigenvalue weighted by molar-refractivity contribution is 5.81. The largest absolute Gasteiger partial charge is 0.368 e. The summed E-state index contributed by atoms with van der Waals surface area (Å²) in [5.41, 5.74) is 1.01. The van der Waals surface area contributed by atoms with Gasteiger partial charge in [-0.25, -0.2) is 0 Å². The van der Waals surface area contributed by atoms with Crippen LogP contribution in [0.2, 0.25) is 0 Å². The molecule has 1 aliphatic carbocycles. The highest BCUT2D eigenvalue weighted by atomic mass is 16.5. The molecule has 1 atom stereocenters. The Balaban J connectivity index is 1.26. The van der Waals surface area contributed by atoms with Gasteiger partial charge in [-0.05, 0) is 25.7 Å². The number of hydrogen-bond donors (Lipinski definition) is 0. The minimum Gasteiger partial charge on any atom is -0.368 e. The molecule has 0 aromatic carbocycles. The standard InChI is InChI=1S/C16H23N3O3/c20-16(14-2-1-9-21-14)19-7-5-18(6-8-19)11-13-10-15(22-17-13)12-3-4-12/h10,12,14H,1-9,11H2. The van der Waals surface area contributed by atoms with Gasteiger partial charge in [0.05, 0.1) is 5.69 Å². The minimum atomic E-state index is -0.191. The van der Waals surface area contributed by atoms with E-state index in [1.807, 2.05) is 4.90 Å². The molecule has 120 valence electrons. The average molecular weight is 305 g/mol. The van der Waals surface area contributed by atoms with Crippen molar-refractivity contribution in [1.29, 1.82) is 0 Å². The third-order valence-electron chi connectivity index (χ3n) is 4.83. The number of hydrogen-bond acceptors (Lipinski definition) is 5. The summed E-state index contributed by atoms with van der Waals surface area (Å²) in [5, 5.41) is 4.17. The number of nitrogens with zero attached hydrogens (tertiary/aromatic N) is 3. The quantitative estimate of drug-likeness (QED) is 0.841. The van der Waals surface area contributed by atoms with Crippen LogP contribution >= 0.6 is 0 Å². The highest BCUT2D eigenvalue weighted by Crippen LogP contribution is 2.40. The maximum Gasteiger partial charge on any atom is 0.251 e. The first kappa shape index (κ1) is 14.2. The van der Waals surface area contributed by atoms with Crippen molar-refractivity contribution in [2.24, 2.45) is 0 Å². The number of carbonyl (C=O) groups excluding carboxylic acids is 1. The zero-order chi connectivity index (χ0) is 14.9. The van der Waals surface area contributed by atoms with E-state index in [9.17, 15) is 4.79 Å². The van der Waals surface area contributed by atoms with Crippen molar-refractivity contribution in [1.82, 2.24) is 15.0 Å². The molecule has 3 aliphatic rings. The molecule has 1 amide bonds. The molecule has 1 aromatic rings. The smallest absolute Gasteiger partial charge is 0.251 e. The molecule has 4 rings (SSSR count). The van der Waals surface area contributed by atoms with E-state index in [1.54, 1.807) is 0 Å². The molecule has 1 saturated carbocycles. The zero-order valence-corrected chi connectivity index (χ0v) is 12.9. The van der Waals surface area contributed by atoms with Crippen molar-refractivity contribution in [3.63, 3.8) is 0 Å². The van der Waals surface area contributed by atoms with Crippen LogP contribution in [0.4, 0.5) is 0 Å². The molecule has 2 aliphatic heterocycles. The van der Waals surface area contributed by atoms with Crippen LogP contribution in [0, 0.1) is 0 Å². The first-order valence-electron chi connectivity index (χ1n) is 8.38. The molecule has 6 nitrogen and oxygen atoms in total. The molecule has 22 heavy (non-hydrogen) atoms. The lowest BCUT2D eigenvalue weighted by atomic mass is 10.2. The van der Waals surface area contributed by atoms with E-state index < -0.39 is 0 Å². The maximum atomic E-state index is 12.3. The molecular weight excluding hydrogens is 282 g/mol. The monoisotopic (exact) mass is 305 g/mol. The van der Waals surface area contributed by atoms with Gasteiger partial charge in [0.15, 0.2) is 0 Å². The Morgan fingerprint density at radius 3 is 2.73 bits per heavy atom. The van der Waals surface area contributed by atoms with Gasteiger partial charge in [0, 0.05) is 51.3 Å². The summed E-state index contributed by atoms with van der Waals surface area (Å²) in [6.45, 7) is 4.90. The van der Waals surface area contributed by atoms with Crippen LogP contribution in [-0.4, -0.2) is 59.8 Å². The number of carbonyl (C=O) groups is 1. The predicted molar refractivity (Wildman–Crippen MR) is 79.3 cm³/mol. The van der Waals surface area contributed by atoms with Gasteiger partial charge in [0.25, 0.3) is 5.91 Å². The average Bonchev–Trinajstić information content (AvgIpc) is 3.06. The number of rotatable bonds is 4. The van der Waals surface area contributed by atoms with E-state index in [4.69, 9.17) is 9.26 Å². The molecule has 0 spiro atoms. The Labute approximate surface area is 130 Å². The molecule has 3 fully saturated rings. The molecule has 3 heterocycles. The molecular formula is C16H23N3O3. The van der Waals surface area contributed by atoms with Crippen molar-refractivity contribution >= 4 is 5.91 Å². The predicted octanol–water partition coefficient (Wildman–Crippen LogP) is 1.38. The van der Waals surface area contributed by atoms with E-state index in [-0.39, 0.29) is 12.0 Å². The Bertz CT molecular complexity index is 526. The molecule has 0 radical (unpaired) electrons. The van der Waals surface area contributed by atoms with Crippen molar-refractivity contribution in [2.45, 2.75) is 44.2 Å². The summed E-state index contributed by atoms with van der Waals surface area (Å²) in [4.78, 5) is 16.6. The highest BCUT2D eigenvalue weighted by Gasteiger charge is 2.31. The van der Waals surface area contributed by atoms with Crippen LogP contribution in [0.25, 0.3) is 0 Å². The van der Waals surface area contributed by atoms with Crippen molar-refractivity contribution in [2.75, 3.05) is 32.8 Å². The van der Waals surface area contributed by atoms with E-state index >= 15 is 0 Å². The van der Waals surface area contributed by atoms with Gasteiger partial charge < -0.3 is 14.2 Å². The normalized spacial score (nSPS) is 26.5. The van der Waals surface area contributed by atoms with Gasteiger partial charge in [0.2, 0.25) is 0 Å². The summed E-state index contributed by atoms with van der Waals surface area (Å²) in [6.07, 6.45) is 4.16. The van der Waals surface area contributed by atoms with Gasteiger partial charge in [-0.1, -0.05) is 5.16 Å². The van der Waals surface area contributed by atoms with Gasteiger partial charge >= 0.3 is 0 Å². The first-order valence-corrected chi connectivity index (χ1v) is 8.38. The second-order valence-corrected chi connectivity index (χ2v) is 6.60. The summed E-state index contributed by atoms with van der Waals surface area (Å²) in [6, 6.07) is 2.10. The van der Waals surface area contributed by atoms with Crippen molar-refractivity contribution in [3.05, 3.63) is 17.5 Å². The van der Waals surface area contributed by atoms with Gasteiger partial charge in [-0.15, -0.1) is 0 Å². The second-order valence-electron chi connectivity index (χ2n) is 6.60. The Morgan fingerprint density at radius 1 is 1.23 bits per heavy atom. The SMILES string of the molecule is O=C(C1CCCO1)N1CCN(Cc2cc(C3CC3)on2)CC1. The fourth-order valence-electron chi connectivity index (χ4n) is 3.29. The Morgan fingerprint density at radius 2 is 2.05 bits per heavy atom. The summed E-state index contributed by atoms with van der Waals surface area (Å²) < 4.78 is 10.9. The number of ether oxygens (including phenoxy) is 1. The van der Waals surface area contributed by atoms with E-state index in [0.717, 1.165) is 63.6 Å². The molecule has 0 N–H and O–H groups in total. The zero-order valence-electron chi connectivity index (χ0n) is 12.9. The third-order valence-corrected chi connectivity index (χ3v) is 4.83. The van der Waals surface area contributed by atoms with Crippen LogP contribution < -0.4 is 0 Å². The lowest BCUT2D eigenvalue weighted by Crippen LogP contribution is -2.51. The van der Waals surface area contributed by atoms with Crippen LogP contribution in [-0.2, 0) is 16.1 Å². The lowest BCUT2D eigenvalue weighted by molar-refractivity contribution is -0.142. The Hall–Kier alpha value is -1.40. The summed E-state index contributed by atoms with van der Waals surface area (Å²) >= 11 is 0.